The van der Waals surface area contributed by atoms with Gasteiger partial charge in [0.2, 0.25) is 0 Å². The molecule has 138 valence electrons. The third-order valence-corrected chi connectivity index (χ3v) is 4.80. The van der Waals surface area contributed by atoms with Crippen molar-refractivity contribution < 1.29 is 0 Å². The lowest BCUT2D eigenvalue weighted by molar-refractivity contribution is 0.479. The maximum atomic E-state index is 9.37. The van der Waals surface area contributed by atoms with Crippen molar-refractivity contribution in [1.82, 2.24) is 19.9 Å². The zero-order valence-corrected chi connectivity index (χ0v) is 15.4. The SMILES string of the molecule is Cc1cccc(CNc2cc(N[C@H]3CCCNC3)nc3c(C#N)cnn23)c1. The van der Waals surface area contributed by atoms with Crippen molar-refractivity contribution >= 4 is 17.3 Å². The Bertz CT molecular complexity index is 980. The topological polar surface area (TPSA) is 90.1 Å². The van der Waals surface area contributed by atoms with Crippen molar-refractivity contribution in [3.05, 3.63) is 53.2 Å². The summed E-state index contributed by atoms with van der Waals surface area (Å²) in [4.78, 5) is 4.63. The number of hydrogen-bond donors (Lipinski definition) is 3. The number of fused-ring (bicyclic) bond motifs is 1. The summed E-state index contributed by atoms with van der Waals surface area (Å²) in [5.41, 5.74) is 3.46. The fraction of sp³-hybridized carbons (Fsp3) is 0.350. The summed E-state index contributed by atoms with van der Waals surface area (Å²) in [6.45, 7) is 4.74. The average molecular weight is 361 g/mol. The summed E-state index contributed by atoms with van der Waals surface area (Å²) in [6, 6.07) is 12.9. The fourth-order valence-electron chi connectivity index (χ4n) is 3.44. The van der Waals surface area contributed by atoms with Crippen LogP contribution in [0.15, 0.2) is 36.5 Å². The van der Waals surface area contributed by atoms with Crippen molar-refractivity contribution in [3.63, 3.8) is 0 Å². The van der Waals surface area contributed by atoms with Crippen molar-refractivity contribution in [1.29, 1.82) is 5.26 Å². The molecule has 0 amide bonds. The van der Waals surface area contributed by atoms with Crippen LogP contribution in [0.1, 0.15) is 29.5 Å². The average Bonchev–Trinajstić information content (AvgIpc) is 3.10. The molecule has 1 fully saturated rings. The normalized spacial score (nSPS) is 16.8. The Labute approximate surface area is 158 Å². The van der Waals surface area contributed by atoms with Gasteiger partial charge in [-0.2, -0.15) is 14.9 Å². The lowest BCUT2D eigenvalue weighted by Gasteiger charge is -2.24. The molecule has 3 heterocycles. The number of benzene rings is 1. The molecule has 1 atom stereocenters. The molecule has 1 saturated heterocycles. The van der Waals surface area contributed by atoms with Gasteiger partial charge in [-0.15, -0.1) is 0 Å². The molecule has 0 unspecified atom stereocenters. The second-order valence-electron chi connectivity index (χ2n) is 6.96. The third-order valence-electron chi connectivity index (χ3n) is 4.80. The highest BCUT2D eigenvalue weighted by Crippen LogP contribution is 2.21. The fourth-order valence-corrected chi connectivity index (χ4v) is 3.44. The first-order chi connectivity index (χ1) is 13.2. The highest BCUT2D eigenvalue weighted by atomic mass is 15.3. The summed E-state index contributed by atoms with van der Waals surface area (Å²) >= 11 is 0. The number of piperidine rings is 1. The van der Waals surface area contributed by atoms with Crippen LogP contribution in [0.5, 0.6) is 0 Å². The van der Waals surface area contributed by atoms with E-state index in [0.717, 1.165) is 37.6 Å². The van der Waals surface area contributed by atoms with E-state index in [1.807, 2.05) is 6.07 Å². The molecule has 0 radical (unpaired) electrons. The lowest BCUT2D eigenvalue weighted by Crippen LogP contribution is -2.38. The lowest BCUT2D eigenvalue weighted by atomic mass is 10.1. The zero-order valence-electron chi connectivity index (χ0n) is 15.4. The molecule has 3 aromatic rings. The van der Waals surface area contributed by atoms with E-state index in [-0.39, 0.29) is 0 Å². The number of hydrogen-bond acceptors (Lipinski definition) is 6. The minimum Gasteiger partial charge on any atom is -0.366 e. The maximum absolute atomic E-state index is 9.37. The van der Waals surface area contributed by atoms with Crippen molar-refractivity contribution in [2.45, 2.75) is 32.4 Å². The standard InChI is InChI=1S/C20H23N7/c1-14-4-2-5-15(8-14)11-23-19-9-18(25-17-6-3-7-22-13-17)26-20-16(10-21)12-24-27(19)20/h2,4-5,8-9,12,17,22-23H,3,6-7,11,13H2,1H3,(H,25,26)/t17-/m0/s1. The van der Waals surface area contributed by atoms with Crippen LogP contribution in [-0.2, 0) is 6.54 Å². The van der Waals surface area contributed by atoms with Crippen molar-refractivity contribution in [3.8, 4) is 6.07 Å². The molecule has 0 spiro atoms. The summed E-state index contributed by atoms with van der Waals surface area (Å²) in [5.74, 6) is 1.58. The molecule has 7 heteroatoms. The van der Waals surface area contributed by atoms with E-state index >= 15 is 0 Å². The number of nitriles is 1. The molecule has 0 aliphatic carbocycles. The van der Waals surface area contributed by atoms with E-state index in [2.05, 4.69) is 63.3 Å². The highest BCUT2D eigenvalue weighted by molar-refractivity contribution is 5.63. The quantitative estimate of drug-likeness (QED) is 0.647. The Morgan fingerprint density at radius 1 is 1.37 bits per heavy atom. The van der Waals surface area contributed by atoms with E-state index in [4.69, 9.17) is 0 Å². The first kappa shape index (κ1) is 17.3. The second-order valence-corrected chi connectivity index (χ2v) is 6.96. The smallest absolute Gasteiger partial charge is 0.177 e. The van der Waals surface area contributed by atoms with Gasteiger partial charge in [0.15, 0.2) is 5.65 Å². The minimum absolute atomic E-state index is 0.340. The van der Waals surface area contributed by atoms with Crippen LogP contribution < -0.4 is 16.0 Å². The van der Waals surface area contributed by atoms with Gasteiger partial charge in [0.1, 0.15) is 23.3 Å². The van der Waals surface area contributed by atoms with Crippen LogP contribution in [0.4, 0.5) is 11.6 Å². The summed E-state index contributed by atoms with van der Waals surface area (Å²) in [5, 5.41) is 24.0. The Morgan fingerprint density at radius 3 is 3.07 bits per heavy atom. The molecule has 27 heavy (non-hydrogen) atoms. The van der Waals surface area contributed by atoms with E-state index in [0.29, 0.717) is 23.8 Å². The molecule has 1 aliphatic rings. The Balaban J connectivity index is 1.63. The Hall–Kier alpha value is -3.11. The first-order valence-electron chi connectivity index (χ1n) is 9.28. The molecule has 0 bridgehead atoms. The summed E-state index contributed by atoms with van der Waals surface area (Å²) in [6.07, 6.45) is 3.82. The summed E-state index contributed by atoms with van der Waals surface area (Å²) < 4.78 is 1.69. The van der Waals surface area contributed by atoms with Gasteiger partial charge in [0.05, 0.1) is 6.20 Å². The number of aryl methyl sites for hydroxylation is 1. The van der Waals surface area contributed by atoms with Gasteiger partial charge in [-0.05, 0) is 31.9 Å². The molecule has 1 aromatic carbocycles. The first-order valence-corrected chi connectivity index (χ1v) is 9.28. The molecular weight excluding hydrogens is 338 g/mol. The van der Waals surface area contributed by atoms with Crippen LogP contribution in [-0.4, -0.2) is 33.7 Å². The number of nitrogens with one attached hydrogen (secondary N) is 3. The molecular formula is C20H23N7. The number of nitrogens with zero attached hydrogens (tertiary/aromatic N) is 4. The van der Waals surface area contributed by atoms with Gasteiger partial charge >= 0.3 is 0 Å². The van der Waals surface area contributed by atoms with Crippen LogP contribution >= 0.6 is 0 Å². The predicted octanol–water partition coefficient (Wildman–Crippen LogP) is 2.69. The van der Waals surface area contributed by atoms with Crippen molar-refractivity contribution in [2.75, 3.05) is 23.7 Å². The molecule has 1 aliphatic heterocycles. The largest absolute Gasteiger partial charge is 0.366 e. The predicted molar refractivity (Wildman–Crippen MR) is 106 cm³/mol. The number of anilines is 2. The van der Waals surface area contributed by atoms with E-state index in [9.17, 15) is 5.26 Å². The van der Waals surface area contributed by atoms with Crippen LogP contribution in [0.3, 0.4) is 0 Å². The molecule has 0 saturated carbocycles. The van der Waals surface area contributed by atoms with Crippen molar-refractivity contribution in [2.24, 2.45) is 0 Å². The van der Waals surface area contributed by atoms with Gasteiger partial charge in [-0.1, -0.05) is 29.8 Å². The monoisotopic (exact) mass is 361 g/mol. The van der Waals surface area contributed by atoms with Gasteiger partial charge in [0.25, 0.3) is 0 Å². The second kappa shape index (κ2) is 7.64. The van der Waals surface area contributed by atoms with Crippen LogP contribution in [0.2, 0.25) is 0 Å². The minimum atomic E-state index is 0.340. The highest BCUT2D eigenvalue weighted by Gasteiger charge is 2.16. The van der Waals surface area contributed by atoms with E-state index in [1.54, 1.807) is 10.7 Å². The van der Waals surface area contributed by atoms with Crippen LogP contribution in [0.25, 0.3) is 5.65 Å². The zero-order chi connectivity index (χ0) is 18.6. The molecule has 3 N–H and O–H groups in total. The Kier molecular flexibility index (Phi) is 4.90. The Morgan fingerprint density at radius 2 is 2.30 bits per heavy atom. The number of rotatable bonds is 5. The molecule has 2 aromatic heterocycles. The van der Waals surface area contributed by atoms with Gasteiger partial charge < -0.3 is 16.0 Å². The molecule has 4 rings (SSSR count). The molecule has 7 nitrogen and oxygen atoms in total. The third kappa shape index (κ3) is 3.86. The van der Waals surface area contributed by atoms with Crippen LogP contribution in [0, 0.1) is 18.3 Å². The van der Waals surface area contributed by atoms with E-state index < -0.39 is 0 Å². The number of aromatic nitrogens is 3. The van der Waals surface area contributed by atoms with Gasteiger partial charge in [-0.25, -0.2) is 4.98 Å². The van der Waals surface area contributed by atoms with Gasteiger partial charge in [0, 0.05) is 25.2 Å². The van der Waals surface area contributed by atoms with Gasteiger partial charge in [-0.3, -0.25) is 0 Å². The maximum Gasteiger partial charge on any atom is 0.177 e. The summed E-state index contributed by atoms with van der Waals surface area (Å²) in [7, 11) is 0. The van der Waals surface area contributed by atoms with E-state index in [1.165, 1.54) is 11.1 Å².